The number of nitrogens with zero attached hydrogens (tertiary/aromatic N) is 2. The van der Waals surface area contributed by atoms with Crippen molar-refractivity contribution >= 4 is 26.1 Å². The van der Waals surface area contributed by atoms with E-state index in [2.05, 4.69) is 57.7 Å². The lowest BCUT2D eigenvalue weighted by Crippen LogP contribution is -2.41. The van der Waals surface area contributed by atoms with Crippen molar-refractivity contribution in [2.24, 2.45) is 11.3 Å². The summed E-state index contributed by atoms with van der Waals surface area (Å²) in [4.78, 5) is 14.2. The van der Waals surface area contributed by atoms with Crippen molar-refractivity contribution in [2.45, 2.75) is 98.4 Å². The highest BCUT2D eigenvalue weighted by molar-refractivity contribution is 6.48. The third-order valence-electron chi connectivity index (χ3n) is 6.72. The molecule has 6 nitrogen and oxygen atoms in total. The molecule has 2 heterocycles. The highest BCUT2D eigenvalue weighted by Gasteiger charge is 2.33. The number of hydrogen-bond donors (Lipinski definition) is 0. The molecule has 1 atom stereocenters. The molecule has 3 rings (SSSR count). The maximum Gasteiger partial charge on any atom is 0.410 e. The maximum atomic E-state index is 12.4. The second-order valence-electron chi connectivity index (χ2n) is 12.5. The first-order chi connectivity index (χ1) is 16.8. The van der Waals surface area contributed by atoms with Gasteiger partial charge in [-0.15, -0.1) is 6.58 Å². The number of aromatic nitrogens is 1. The number of rotatable bonds is 8. The summed E-state index contributed by atoms with van der Waals surface area (Å²) in [5.74, 6) is 0.563. The molecule has 0 radical (unpaired) electrons. The summed E-state index contributed by atoms with van der Waals surface area (Å²) in [6.07, 6.45) is 6.33. The second kappa shape index (κ2) is 11.5. The molecule has 1 saturated heterocycles. The summed E-state index contributed by atoms with van der Waals surface area (Å²) in [7, 11) is -1.29. The number of fused-ring (bicyclic) bond motifs is 1. The standard InChI is InChI=1S/C29H46N2O4Si/c1-10-11-21-13-14-22-23(30-34-25(22)24(21)26(28(2,3)4)35-36(8)9)15-12-20-16-18-31(19-17-20)27(32)33-29(5,6)7/h10,13-14,20,26,36H,1,11-12,15-19H2,2-9H3. The van der Waals surface area contributed by atoms with Crippen molar-refractivity contribution in [3.05, 3.63) is 41.6 Å². The first kappa shape index (κ1) is 28.4. The molecule has 1 aromatic heterocycles. The van der Waals surface area contributed by atoms with Gasteiger partial charge in [0.2, 0.25) is 0 Å². The molecule has 1 unspecified atom stereocenters. The van der Waals surface area contributed by atoms with Crippen molar-refractivity contribution < 1.29 is 18.5 Å². The molecule has 0 N–H and O–H groups in total. The molecule has 2 aromatic rings. The molecule has 0 saturated carbocycles. The topological polar surface area (TPSA) is 64.8 Å². The molecule has 1 fully saturated rings. The van der Waals surface area contributed by atoms with Gasteiger partial charge in [-0.25, -0.2) is 4.79 Å². The van der Waals surface area contributed by atoms with Crippen LogP contribution in [0.5, 0.6) is 0 Å². The molecular weight excluding hydrogens is 468 g/mol. The normalized spacial score (nSPS) is 16.5. The molecular formula is C29H46N2O4Si. The Hall–Kier alpha value is -2.12. The van der Waals surface area contributed by atoms with E-state index in [1.807, 2.05) is 31.7 Å². The Labute approximate surface area is 219 Å². The number of aryl methyl sites for hydroxylation is 1. The predicted molar refractivity (Wildman–Crippen MR) is 149 cm³/mol. The third-order valence-corrected chi connectivity index (χ3v) is 7.54. The average Bonchev–Trinajstić information content (AvgIpc) is 3.18. The van der Waals surface area contributed by atoms with E-state index in [9.17, 15) is 4.79 Å². The lowest BCUT2D eigenvalue weighted by Gasteiger charge is -2.34. The van der Waals surface area contributed by atoms with Gasteiger partial charge in [-0.1, -0.05) is 38.1 Å². The lowest BCUT2D eigenvalue weighted by atomic mass is 9.81. The number of carbonyl (C=O) groups is 1. The summed E-state index contributed by atoms with van der Waals surface area (Å²) in [6, 6.07) is 4.35. The largest absolute Gasteiger partial charge is 0.444 e. The fraction of sp³-hybridized carbons (Fsp3) is 0.655. The van der Waals surface area contributed by atoms with Gasteiger partial charge in [0.25, 0.3) is 0 Å². The molecule has 0 bridgehead atoms. The summed E-state index contributed by atoms with van der Waals surface area (Å²) < 4.78 is 18.2. The number of amides is 1. The van der Waals surface area contributed by atoms with E-state index >= 15 is 0 Å². The van der Waals surface area contributed by atoms with Crippen LogP contribution in [0.3, 0.4) is 0 Å². The van der Waals surface area contributed by atoms with Crippen molar-refractivity contribution in [3.63, 3.8) is 0 Å². The Balaban J connectivity index is 1.76. The Morgan fingerprint density at radius 2 is 1.89 bits per heavy atom. The number of benzene rings is 1. The number of ether oxygens (including phenoxy) is 1. The monoisotopic (exact) mass is 514 g/mol. The van der Waals surface area contributed by atoms with Crippen LogP contribution in [0, 0.1) is 11.3 Å². The minimum Gasteiger partial charge on any atom is -0.444 e. The van der Waals surface area contributed by atoms with Crippen LogP contribution >= 0.6 is 0 Å². The Morgan fingerprint density at radius 3 is 2.44 bits per heavy atom. The van der Waals surface area contributed by atoms with Crippen LogP contribution in [0.25, 0.3) is 11.0 Å². The average molecular weight is 515 g/mol. The van der Waals surface area contributed by atoms with Gasteiger partial charge in [-0.3, -0.25) is 0 Å². The maximum absolute atomic E-state index is 12.4. The zero-order chi connectivity index (χ0) is 26.7. The number of hydrogen-bond acceptors (Lipinski definition) is 5. The number of likely N-dealkylation sites (tertiary alicyclic amines) is 1. The molecule has 0 spiro atoms. The van der Waals surface area contributed by atoms with Gasteiger partial charge >= 0.3 is 6.09 Å². The lowest BCUT2D eigenvalue weighted by molar-refractivity contribution is 0.0181. The van der Waals surface area contributed by atoms with Gasteiger partial charge < -0.3 is 18.6 Å². The van der Waals surface area contributed by atoms with Crippen LogP contribution < -0.4 is 0 Å². The molecule has 0 aliphatic carbocycles. The van der Waals surface area contributed by atoms with Crippen molar-refractivity contribution in [1.29, 1.82) is 0 Å². The SMILES string of the molecule is C=CCc1ccc2c(CCC3CCN(C(=O)OC(C)(C)C)CC3)noc2c1C(O[SiH](C)C)C(C)(C)C. The fourth-order valence-corrected chi connectivity index (χ4v) is 6.05. The molecule has 1 aliphatic rings. The Bertz CT molecular complexity index is 1040. The predicted octanol–water partition coefficient (Wildman–Crippen LogP) is 7.22. The van der Waals surface area contributed by atoms with Gasteiger partial charge in [-0.2, -0.15) is 0 Å². The minimum absolute atomic E-state index is 0.0548. The van der Waals surface area contributed by atoms with Gasteiger partial charge in [0.15, 0.2) is 14.6 Å². The molecule has 7 heteroatoms. The van der Waals surface area contributed by atoms with Crippen molar-refractivity contribution in [1.82, 2.24) is 10.1 Å². The second-order valence-corrected chi connectivity index (χ2v) is 14.9. The summed E-state index contributed by atoms with van der Waals surface area (Å²) >= 11 is 0. The summed E-state index contributed by atoms with van der Waals surface area (Å²) in [5.41, 5.74) is 3.67. The zero-order valence-electron chi connectivity index (χ0n) is 23.6. The molecule has 36 heavy (non-hydrogen) atoms. The molecule has 1 aliphatic heterocycles. The van der Waals surface area contributed by atoms with E-state index in [-0.39, 0.29) is 17.6 Å². The van der Waals surface area contributed by atoms with E-state index < -0.39 is 14.6 Å². The highest BCUT2D eigenvalue weighted by Crippen LogP contribution is 2.42. The summed E-state index contributed by atoms with van der Waals surface area (Å²) in [5, 5.41) is 5.63. The quantitative estimate of drug-likeness (QED) is 0.275. The minimum atomic E-state index is -1.29. The van der Waals surface area contributed by atoms with Crippen LogP contribution in [0.4, 0.5) is 4.79 Å². The van der Waals surface area contributed by atoms with Crippen molar-refractivity contribution in [3.8, 4) is 0 Å². The van der Waals surface area contributed by atoms with Crippen LogP contribution in [0.1, 0.15) is 83.7 Å². The van der Waals surface area contributed by atoms with Crippen molar-refractivity contribution in [2.75, 3.05) is 13.1 Å². The van der Waals surface area contributed by atoms with Crippen LogP contribution in [0.2, 0.25) is 13.1 Å². The van der Waals surface area contributed by atoms with Crippen LogP contribution in [0.15, 0.2) is 29.3 Å². The first-order valence-electron chi connectivity index (χ1n) is 13.4. The van der Waals surface area contributed by atoms with E-state index in [4.69, 9.17) is 13.7 Å². The van der Waals surface area contributed by atoms with Gasteiger partial charge in [-0.05, 0) is 88.9 Å². The number of carbonyl (C=O) groups excluding carboxylic acids is 1. The van der Waals surface area contributed by atoms with Gasteiger partial charge in [0, 0.05) is 24.0 Å². The number of allylic oxidation sites excluding steroid dienone is 1. The fourth-order valence-electron chi connectivity index (χ4n) is 4.97. The first-order valence-corrected chi connectivity index (χ1v) is 16.2. The van der Waals surface area contributed by atoms with Crippen LogP contribution in [-0.4, -0.2) is 43.9 Å². The van der Waals surface area contributed by atoms with Gasteiger partial charge in [0.05, 0.1) is 11.8 Å². The number of piperidine rings is 1. The van der Waals surface area contributed by atoms with E-state index in [1.54, 1.807) is 0 Å². The highest BCUT2D eigenvalue weighted by atomic mass is 28.3. The Kier molecular flexibility index (Phi) is 9.09. The molecule has 1 amide bonds. The molecule has 200 valence electrons. The third kappa shape index (κ3) is 7.22. The van der Waals surface area contributed by atoms with E-state index in [0.717, 1.165) is 67.4 Å². The van der Waals surface area contributed by atoms with E-state index in [0.29, 0.717) is 5.92 Å². The van der Waals surface area contributed by atoms with Crippen LogP contribution in [-0.2, 0) is 22.0 Å². The van der Waals surface area contributed by atoms with Gasteiger partial charge in [0.1, 0.15) is 5.60 Å². The molecule has 1 aromatic carbocycles. The van der Waals surface area contributed by atoms with E-state index in [1.165, 1.54) is 5.56 Å². The smallest absolute Gasteiger partial charge is 0.410 e. The Morgan fingerprint density at radius 1 is 1.22 bits per heavy atom. The zero-order valence-corrected chi connectivity index (χ0v) is 24.8. The summed E-state index contributed by atoms with van der Waals surface area (Å²) in [6.45, 7) is 22.3.